The standard InChI is InChI=1S/C19H16F3N7O2/c1-10(8-30)29-9-25-16-13(17(29)31)3-14(27-15(16)12-6-26-28(2)7-12)11-4-23-18(24-5-11)19(20,21)22/h3-7,9-10,30H,8H2,1-2H3. The van der Waals surface area contributed by atoms with Crippen molar-refractivity contribution in [3.05, 3.63) is 53.4 Å². The lowest BCUT2D eigenvalue weighted by Gasteiger charge is -2.14. The first kappa shape index (κ1) is 20.6. The molecule has 31 heavy (non-hydrogen) atoms. The van der Waals surface area contributed by atoms with Gasteiger partial charge in [0.25, 0.3) is 5.56 Å². The van der Waals surface area contributed by atoms with Gasteiger partial charge in [0, 0.05) is 36.8 Å². The number of aliphatic hydroxyl groups is 1. The highest BCUT2D eigenvalue weighted by molar-refractivity contribution is 5.93. The fraction of sp³-hybridized carbons (Fsp3) is 0.263. The highest BCUT2D eigenvalue weighted by atomic mass is 19.4. The van der Waals surface area contributed by atoms with Crippen molar-refractivity contribution in [2.75, 3.05) is 6.61 Å². The number of aryl methyl sites for hydroxylation is 1. The summed E-state index contributed by atoms with van der Waals surface area (Å²) in [6, 6.07) is 0.911. The zero-order valence-electron chi connectivity index (χ0n) is 16.4. The van der Waals surface area contributed by atoms with Crippen molar-refractivity contribution in [1.82, 2.24) is 34.3 Å². The van der Waals surface area contributed by atoms with Gasteiger partial charge in [-0.15, -0.1) is 0 Å². The van der Waals surface area contributed by atoms with Crippen LogP contribution in [0.15, 0.2) is 42.0 Å². The molecule has 1 N–H and O–H groups in total. The van der Waals surface area contributed by atoms with Gasteiger partial charge in [0.2, 0.25) is 5.82 Å². The zero-order valence-corrected chi connectivity index (χ0v) is 16.4. The van der Waals surface area contributed by atoms with Gasteiger partial charge in [-0.2, -0.15) is 18.3 Å². The second-order valence-corrected chi connectivity index (χ2v) is 6.94. The van der Waals surface area contributed by atoms with E-state index in [9.17, 15) is 23.1 Å². The van der Waals surface area contributed by atoms with Crippen molar-refractivity contribution in [2.24, 2.45) is 7.05 Å². The van der Waals surface area contributed by atoms with Crippen LogP contribution in [0.3, 0.4) is 0 Å². The minimum Gasteiger partial charge on any atom is -0.394 e. The molecule has 0 aliphatic heterocycles. The molecule has 4 aromatic heterocycles. The predicted octanol–water partition coefficient (Wildman–Crippen LogP) is 2.22. The molecule has 4 rings (SSSR count). The molecule has 0 radical (unpaired) electrons. The average Bonchev–Trinajstić information content (AvgIpc) is 3.18. The minimum absolute atomic E-state index is 0.187. The van der Waals surface area contributed by atoms with E-state index in [4.69, 9.17) is 0 Å². The van der Waals surface area contributed by atoms with Crippen molar-refractivity contribution < 1.29 is 18.3 Å². The summed E-state index contributed by atoms with van der Waals surface area (Å²) in [4.78, 5) is 28.7. The summed E-state index contributed by atoms with van der Waals surface area (Å²) in [7, 11) is 1.71. The lowest BCUT2D eigenvalue weighted by molar-refractivity contribution is -0.144. The summed E-state index contributed by atoms with van der Waals surface area (Å²) in [5.74, 6) is -1.27. The molecular weight excluding hydrogens is 415 g/mol. The van der Waals surface area contributed by atoms with Crippen molar-refractivity contribution in [1.29, 1.82) is 0 Å². The number of aromatic nitrogens is 7. The van der Waals surface area contributed by atoms with Gasteiger partial charge in [-0.1, -0.05) is 0 Å². The van der Waals surface area contributed by atoms with Crippen LogP contribution < -0.4 is 5.56 Å². The third-order valence-electron chi connectivity index (χ3n) is 4.69. The maximum Gasteiger partial charge on any atom is 0.451 e. The second-order valence-electron chi connectivity index (χ2n) is 6.94. The van der Waals surface area contributed by atoms with Gasteiger partial charge >= 0.3 is 6.18 Å². The molecule has 0 saturated heterocycles. The molecule has 4 heterocycles. The lowest BCUT2D eigenvalue weighted by Crippen LogP contribution is -2.25. The Kier molecular flexibility index (Phi) is 5.01. The van der Waals surface area contributed by atoms with Gasteiger partial charge in [-0.3, -0.25) is 14.0 Å². The predicted molar refractivity (Wildman–Crippen MR) is 104 cm³/mol. The average molecular weight is 431 g/mol. The smallest absolute Gasteiger partial charge is 0.394 e. The normalized spacial score (nSPS) is 13.0. The third-order valence-corrected chi connectivity index (χ3v) is 4.69. The maximum absolute atomic E-state index is 13.1. The Bertz CT molecular complexity index is 1310. The number of halogens is 3. The lowest BCUT2D eigenvalue weighted by atomic mass is 10.1. The van der Waals surface area contributed by atoms with Gasteiger partial charge in [-0.25, -0.2) is 19.9 Å². The molecule has 0 bridgehead atoms. The summed E-state index contributed by atoms with van der Waals surface area (Å²) in [6.07, 6.45) is 1.88. The van der Waals surface area contributed by atoms with Gasteiger partial charge in [0.05, 0.1) is 36.3 Å². The largest absolute Gasteiger partial charge is 0.451 e. The Labute approximate surface area is 172 Å². The van der Waals surface area contributed by atoms with Crippen molar-refractivity contribution in [3.8, 4) is 22.5 Å². The molecule has 0 spiro atoms. The molecule has 4 aromatic rings. The number of nitrogens with zero attached hydrogens (tertiary/aromatic N) is 7. The van der Waals surface area contributed by atoms with E-state index in [0.717, 1.165) is 12.4 Å². The van der Waals surface area contributed by atoms with E-state index in [1.807, 2.05) is 0 Å². The van der Waals surface area contributed by atoms with Crippen LogP contribution in [0.2, 0.25) is 0 Å². The van der Waals surface area contributed by atoms with Crippen LogP contribution in [-0.2, 0) is 13.2 Å². The summed E-state index contributed by atoms with van der Waals surface area (Å²) >= 11 is 0. The number of pyridine rings is 1. The first-order valence-corrected chi connectivity index (χ1v) is 9.10. The van der Waals surface area contributed by atoms with Gasteiger partial charge in [0.1, 0.15) is 11.2 Å². The maximum atomic E-state index is 13.1. The highest BCUT2D eigenvalue weighted by Gasteiger charge is 2.34. The molecule has 0 aromatic carbocycles. The van der Waals surface area contributed by atoms with Crippen molar-refractivity contribution in [2.45, 2.75) is 19.1 Å². The minimum atomic E-state index is -4.67. The van der Waals surface area contributed by atoms with Crippen LogP contribution >= 0.6 is 0 Å². The molecule has 0 aliphatic rings. The van der Waals surface area contributed by atoms with Gasteiger partial charge < -0.3 is 5.11 Å². The number of alkyl halides is 3. The van der Waals surface area contributed by atoms with E-state index < -0.39 is 23.6 Å². The number of hydrogen-bond donors (Lipinski definition) is 1. The van der Waals surface area contributed by atoms with Crippen LogP contribution in [0.25, 0.3) is 33.4 Å². The molecule has 0 aliphatic carbocycles. The summed E-state index contributed by atoms with van der Waals surface area (Å²) < 4.78 is 41.2. The molecule has 1 unspecified atom stereocenters. The highest BCUT2D eigenvalue weighted by Crippen LogP contribution is 2.30. The third kappa shape index (κ3) is 3.77. The fourth-order valence-electron chi connectivity index (χ4n) is 3.04. The Morgan fingerprint density at radius 1 is 1.13 bits per heavy atom. The van der Waals surface area contributed by atoms with E-state index in [0.29, 0.717) is 16.8 Å². The van der Waals surface area contributed by atoms with Crippen LogP contribution in [0, 0.1) is 0 Å². The molecule has 0 saturated carbocycles. The second kappa shape index (κ2) is 7.54. The van der Waals surface area contributed by atoms with E-state index in [1.54, 1.807) is 31.0 Å². The first-order valence-electron chi connectivity index (χ1n) is 9.10. The molecule has 1 atom stereocenters. The van der Waals surface area contributed by atoms with Crippen LogP contribution in [0.4, 0.5) is 13.2 Å². The van der Waals surface area contributed by atoms with Gasteiger partial charge in [-0.05, 0) is 13.0 Å². The quantitative estimate of drug-likeness (QED) is 0.527. The summed E-state index contributed by atoms with van der Waals surface area (Å²) in [5, 5.41) is 13.7. The van der Waals surface area contributed by atoms with Crippen LogP contribution in [0.5, 0.6) is 0 Å². The SMILES string of the molecule is CC(CO)n1cnc2c(-c3cnn(C)c3)nc(-c3cnc(C(F)(F)F)nc3)cc2c1=O. The molecule has 160 valence electrons. The van der Waals surface area contributed by atoms with Crippen LogP contribution in [0.1, 0.15) is 18.8 Å². The number of aliphatic hydroxyl groups excluding tert-OH is 1. The first-order chi connectivity index (χ1) is 14.7. The zero-order chi connectivity index (χ0) is 22.3. The summed E-state index contributed by atoms with van der Waals surface area (Å²) in [6.45, 7) is 1.38. The Balaban J connectivity index is 1.97. The molecule has 12 heteroatoms. The van der Waals surface area contributed by atoms with E-state index in [1.165, 1.54) is 17.0 Å². The van der Waals surface area contributed by atoms with E-state index in [2.05, 4.69) is 25.0 Å². The number of fused-ring (bicyclic) bond motifs is 1. The monoisotopic (exact) mass is 431 g/mol. The number of hydrogen-bond acceptors (Lipinski definition) is 7. The summed E-state index contributed by atoms with van der Waals surface area (Å²) in [5.41, 5.74) is 1.19. The van der Waals surface area contributed by atoms with Crippen molar-refractivity contribution >= 4 is 10.9 Å². The number of rotatable bonds is 4. The molecular formula is C19H16F3N7O2. The molecule has 0 fully saturated rings. The van der Waals surface area contributed by atoms with E-state index in [-0.39, 0.29) is 23.3 Å². The van der Waals surface area contributed by atoms with Crippen LogP contribution in [-0.4, -0.2) is 46.0 Å². The van der Waals surface area contributed by atoms with Crippen molar-refractivity contribution in [3.63, 3.8) is 0 Å². The van der Waals surface area contributed by atoms with E-state index >= 15 is 0 Å². The fourth-order valence-corrected chi connectivity index (χ4v) is 3.04. The van der Waals surface area contributed by atoms with Gasteiger partial charge in [0.15, 0.2) is 0 Å². The Hall–Kier alpha value is -3.67. The Morgan fingerprint density at radius 2 is 1.84 bits per heavy atom. The Morgan fingerprint density at radius 3 is 2.42 bits per heavy atom. The molecule has 9 nitrogen and oxygen atoms in total. The topological polar surface area (TPSA) is 112 Å². The molecule has 0 amide bonds.